The van der Waals surface area contributed by atoms with Crippen LogP contribution in [-0.4, -0.2) is 28.3 Å². The van der Waals surface area contributed by atoms with E-state index in [4.69, 9.17) is 10.6 Å². The zero-order chi connectivity index (χ0) is 13.0. The smallest absolute Gasteiger partial charge is 0.110 e. The van der Waals surface area contributed by atoms with Crippen LogP contribution in [0.1, 0.15) is 32.5 Å². The van der Waals surface area contributed by atoms with Crippen LogP contribution >= 0.6 is 0 Å². The Hall–Kier alpha value is -0.910. The molecule has 3 N–H and O–H groups in total. The van der Waals surface area contributed by atoms with Gasteiger partial charge in [0.2, 0.25) is 0 Å². The first kappa shape index (κ1) is 13.5. The van der Waals surface area contributed by atoms with Crippen LogP contribution in [0.2, 0.25) is 0 Å². The maximum atomic E-state index is 5.75. The minimum atomic E-state index is 0.241. The molecule has 0 bridgehead atoms. The van der Waals surface area contributed by atoms with Crippen molar-refractivity contribution in [3.8, 4) is 0 Å². The van der Waals surface area contributed by atoms with E-state index in [1.54, 1.807) is 0 Å². The van der Waals surface area contributed by atoms with Gasteiger partial charge >= 0.3 is 0 Å². The normalized spacial score (nSPS) is 25.5. The van der Waals surface area contributed by atoms with E-state index in [1.165, 1.54) is 0 Å². The van der Waals surface area contributed by atoms with Crippen LogP contribution in [0.15, 0.2) is 12.4 Å². The molecular weight excluding hydrogens is 228 g/mol. The third-order valence-corrected chi connectivity index (χ3v) is 3.94. The van der Waals surface area contributed by atoms with Gasteiger partial charge < -0.3 is 9.30 Å². The van der Waals surface area contributed by atoms with E-state index in [0.717, 1.165) is 38.2 Å². The van der Waals surface area contributed by atoms with Crippen LogP contribution in [-0.2, 0) is 17.7 Å². The van der Waals surface area contributed by atoms with Crippen LogP contribution in [0.5, 0.6) is 0 Å². The lowest BCUT2D eigenvalue weighted by atomic mass is 9.89. The molecule has 2 heterocycles. The number of hydrogen-bond acceptors (Lipinski definition) is 4. The van der Waals surface area contributed by atoms with Gasteiger partial charge in [0.15, 0.2) is 0 Å². The molecule has 1 saturated heterocycles. The van der Waals surface area contributed by atoms with Crippen molar-refractivity contribution >= 4 is 0 Å². The van der Waals surface area contributed by atoms with Crippen molar-refractivity contribution < 1.29 is 4.74 Å². The van der Waals surface area contributed by atoms with Gasteiger partial charge in [0.05, 0.1) is 6.10 Å². The molecule has 1 aliphatic rings. The van der Waals surface area contributed by atoms with E-state index in [0.29, 0.717) is 12.0 Å². The zero-order valence-electron chi connectivity index (χ0n) is 11.3. The van der Waals surface area contributed by atoms with Crippen molar-refractivity contribution in [3.63, 3.8) is 0 Å². The predicted molar refractivity (Wildman–Crippen MR) is 70.9 cm³/mol. The Morgan fingerprint density at radius 1 is 1.61 bits per heavy atom. The molecule has 0 radical (unpaired) electrons. The van der Waals surface area contributed by atoms with Gasteiger partial charge in [-0.15, -0.1) is 0 Å². The number of hydrazine groups is 1. The molecule has 1 aromatic rings. The Morgan fingerprint density at radius 2 is 2.44 bits per heavy atom. The lowest BCUT2D eigenvalue weighted by molar-refractivity contribution is 0.0771. The van der Waals surface area contributed by atoms with Gasteiger partial charge in [-0.1, -0.05) is 6.92 Å². The van der Waals surface area contributed by atoms with Crippen molar-refractivity contribution in [2.75, 3.05) is 6.61 Å². The first-order chi connectivity index (χ1) is 8.80. The Morgan fingerprint density at radius 3 is 3.11 bits per heavy atom. The van der Waals surface area contributed by atoms with Gasteiger partial charge in [0.1, 0.15) is 5.82 Å². The van der Waals surface area contributed by atoms with E-state index in [2.05, 4.69) is 28.8 Å². The first-order valence-electron chi connectivity index (χ1n) is 6.87. The quantitative estimate of drug-likeness (QED) is 0.587. The van der Waals surface area contributed by atoms with E-state index < -0.39 is 0 Å². The standard InChI is InChI=1S/C13H24N4O/c1-3-12-10(5-8-18-12)11(16-14)9-13-15-6-7-17(13)4-2/h6-7,10-12,16H,3-5,8-9,14H2,1-2H3. The van der Waals surface area contributed by atoms with Gasteiger partial charge in [-0.3, -0.25) is 11.3 Å². The Labute approximate surface area is 109 Å². The van der Waals surface area contributed by atoms with E-state index in [9.17, 15) is 0 Å². The van der Waals surface area contributed by atoms with Gasteiger partial charge in [0.25, 0.3) is 0 Å². The third kappa shape index (κ3) is 2.74. The van der Waals surface area contributed by atoms with Gasteiger partial charge in [-0.25, -0.2) is 4.98 Å². The number of aromatic nitrogens is 2. The second kappa shape index (κ2) is 6.31. The van der Waals surface area contributed by atoms with Gasteiger partial charge in [-0.2, -0.15) is 0 Å². The van der Waals surface area contributed by atoms with Crippen LogP contribution in [0.25, 0.3) is 0 Å². The Bertz CT molecular complexity index is 366. The lowest BCUT2D eigenvalue weighted by Crippen LogP contribution is -2.45. The highest BCUT2D eigenvalue weighted by molar-refractivity contribution is 4.98. The zero-order valence-corrected chi connectivity index (χ0v) is 11.3. The number of hydrogen-bond donors (Lipinski definition) is 2. The lowest BCUT2D eigenvalue weighted by Gasteiger charge is -2.26. The molecule has 0 aromatic carbocycles. The molecule has 1 aromatic heterocycles. The minimum Gasteiger partial charge on any atom is -0.378 e. The van der Waals surface area contributed by atoms with E-state index in [1.807, 2.05) is 12.4 Å². The summed E-state index contributed by atoms with van der Waals surface area (Å²) < 4.78 is 7.92. The number of nitrogens with zero attached hydrogens (tertiary/aromatic N) is 2. The summed E-state index contributed by atoms with van der Waals surface area (Å²) >= 11 is 0. The van der Waals surface area contributed by atoms with Crippen molar-refractivity contribution in [2.24, 2.45) is 11.8 Å². The summed E-state index contributed by atoms with van der Waals surface area (Å²) in [6, 6.07) is 0.241. The summed E-state index contributed by atoms with van der Waals surface area (Å²) in [5, 5.41) is 0. The molecule has 0 saturated carbocycles. The topological polar surface area (TPSA) is 65.1 Å². The van der Waals surface area contributed by atoms with Crippen LogP contribution in [0, 0.1) is 5.92 Å². The maximum absolute atomic E-state index is 5.75. The fraction of sp³-hybridized carbons (Fsp3) is 0.769. The highest BCUT2D eigenvalue weighted by Gasteiger charge is 2.33. The fourth-order valence-electron chi connectivity index (χ4n) is 2.89. The monoisotopic (exact) mass is 252 g/mol. The van der Waals surface area contributed by atoms with Crippen molar-refractivity contribution in [2.45, 2.75) is 51.8 Å². The molecule has 102 valence electrons. The van der Waals surface area contributed by atoms with E-state index >= 15 is 0 Å². The van der Waals surface area contributed by atoms with Crippen molar-refractivity contribution in [1.82, 2.24) is 15.0 Å². The number of rotatable bonds is 6. The molecule has 5 heteroatoms. The third-order valence-electron chi connectivity index (χ3n) is 3.94. The molecule has 0 spiro atoms. The van der Waals surface area contributed by atoms with Crippen LogP contribution < -0.4 is 11.3 Å². The summed E-state index contributed by atoms with van der Waals surface area (Å²) in [7, 11) is 0. The summed E-state index contributed by atoms with van der Waals surface area (Å²) in [6.45, 7) is 6.10. The molecule has 0 aliphatic carbocycles. The summed E-state index contributed by atoms with van der Waals surface area (Å²) in [5.74, 6) is 7.32. The number of ether oxygens (including phenoxy) is 1. The molecule has 5 nitrogen and oxygen atoms in total. The van der Waals surface area contributed by atoms with Crippen LogP contribution in [0.3, 0.4) is 0 Å². The van der Waals surface area contributed by atoms with E-state index in [-0.39, 0.29) is 6.04 Å². The Balaban J connectivity index is 2.05. The van der Waals surface area contributed by atoms with Crippen molar-refractivity contribution in [3.05, 3.63) is 18.2 Å². The highest BCUT2D eigenvalue weighted by atomic mass is 16.5. The van der Waals surface area contributed by atoms with Gasteiger partial charge in [-0.05, 0) is 19.8 Å². The summed E-state index contributed by atoms with van der Waals surface area (Å²) in [6.07, 6.45) is 7.20. The van der Waals surface area contributed by atoms with Crippen LogP contribution in [0.4, 0.5) is 0 Å². The van der Waals surface area contributed by atoms with Gasteiger partial charge in [0, 0.05) is 43.9 Å². The highest BCUT2D eigenvalue weighted by Crippen LogP contribution is 2.27. The number of nitrogens with two attached hydrogens (primary N) is 1. The van der Waals surface area contributed by atoms with Crippen molar-refractivity contribution in [1.29, 1.82) is 0 Å². The first-order valence-corrected chi connectivity index (χ1v) is 6.87. The molecule has 1 aliphatic heterocycles. The predicted octanol–water partition coefficient (Wildman–Crippen LogP) is 1.09. The summed E-state index contributed by atoms with van der Waals surface area (Å²) in [4.78, 5) is 4.42. The fourth-order valence-corrected chi connectivity index (χ4v) is 2.89. The molecule has 1 fully saturated rings. The number of nitrogens with one attached hydrogen (secondary N) is 1. The average Bonchev–Trinajstić information content (AvgIpc) is 3.03. The number of aryl methyl sites for hydroxylation is 1. The Kier molecular flexibility index (Phi) is 4.74. The molecule has 18 heavy (non-hydrogen) atoms. The SMILES string of the molecule is CCC1OCCC1C(Cc1nccn1CC)NN. The minimum absolute atomic E-state index is 0.241. The average molecular weight is 252 g/mol. The number of imidazole rings is 1. The molecule has 2 rings (SSSR count). The molecular formula is C13H24N4O. The summed E-state index contributed by atoms with van der Waals surface area (Å²) in [5.41, 5.74) is 2.96. The maximum Gasteiger partial charge on any atom is 0.110 e. The molecule has 0 amide bonds. The largest absolute Gasteiger partial charge is 0.378 e. The second-order valence-corrected chi connectivity index (χ2v) is 4.88. The second-order valence-electron chi connectivity index (χ2n) is 4.88. The molecule has 3 atom stereocenters. The molecule has 3 unspecified atom stereocenters.